The number of imidazole rings is 1. The molecule has 0 saturated carbocycles. The number of fused-ring (bicyclic) bond motifs is 1. The fraction of sp³-hybridized carbons (Fsp3) is 0.286. The van der Waals surface area contributed by atoms with E-state index in [4.69, 9.17) is 9.47 Å². The van der Waals surface area contributed by atoms with Gasteiger partial charge in [-0.25, -0.2) is 10.4 Å². The maximum atomic E-state index is 12.1. The summed E-state index contributed by atoms with van der Waals surface area (Å²) in [7, 11) is 3.53. The van der Waals surface area contributed by atoms with Gasteiger partial charge in [-0.05, 0) is 49.7 Å². The van der Waals surface area contributed by atoms with Crippen LogP contribution in [0.5, 0.6) is 11.5 Å². The number of hydrogen-bond donors (Lipinski definition) is 1. The molecule has 0 unspecified atom stereocenters. The molecule has 0 bridgehead atoms. The Morgan fingerprint density at radius 2 is 2.07 bits per heavy atom. The number of aromatic nitrogens is 2. The van der Waals surface area contributed by atoms with Gasteiger partial charge >= 0.3 is 0 Å². The summed E-state index contributed by atoms with van der Waals surface area (Å²) in [5.74, 6) is 1.30. The molecule has 1 aromatic heterocycles. The predicted molar refractivity (Wildman–Crippen MR) is 116 cm³/mol. The Labute approximate surface area is 174 Å². The van der Waals surface area contributed by atoms with Crippen molar-refractivity contribution in [2.75, 3.05) is 12.9 Å². The minimum absolute atomic E-state index is 0.0523. The first-order valence-corrected chi connectivity index (χ1v) is 10.2. The van der Waals surface area contributed by atoms with Crippen LogP contribution in [-0.2, 0) is 11.8 Å². The van der Waals surface area contributed by atoms with Crippen LogP contribution in [0.4, 0.5) is 0 Å². The number of carbonyl (C=O) groups is 1. The molecule has 8 heteroatoms. The van der Waals surface area contributed by atoms with Crippen LogP contribution < -0.4 is 14.9 Å². The number of benzene rings is 2. The highest BCUT2D eigenvalue weighted by Crippen LogP contribution is 2.28. The number of thioether (sulfide) groups is 1. The monoisotopic (exact) mass is 412 g/mol. The van der Waals surface area contributed by atoms with Crippen molar-refractivity contribution in [2.24, 2.45) is 12.1 Å². The normalized spacial score (nSPS) is 11.3. The summed E-state index contributed by atoms with van der Waals surface area (Å²) >= 11 is 1.37. The molecule has 0 radical (unpaired) electrons. The van der Waals surface area contributed by atoms with E-state index >= 15 is 0 Å². The first-order chi connectivity index (χ1) is 14.0. The molecule has 0 atom stereocenters. The zero-order chi connectivity index (χ0) is 20.8. The molecule has 0 saturated heterocycles. The highest BCUT2D eigenvalue weighted by molar-refractivity contribution is 7.99. The van der Waals surface area contributed by atoms with E-state index in [0.29, 0.717) is 11.5 Å². The van der Waals surface area contributed by atoms with Gasteiger partial charge in [0.25, 0.3) is 5.91 Å². The van der Waals surface area contributed by atoms with Gasteiger partial charge < -0.3 is 14.0 Å². The van der Waals surface area contributed by atoms with Crippen LogP contribution in [0.25, 0.3) is 11.0 Å². The molecule has 0 fully saturated rings. The van der Waals surface area contributed by atoms with Crippen LogP contribution in [0, 0.1) is 0 Å². The summed E-state index contributed by atoms with van der Waals surface area (Å²) in [5.41, 5.74) is 5.28. The van der Waals surface area contributed by atoms with E-state index < -0.39 is 0 Å². The zero-order valence-electron chi connectivity index (χ0n) is 16.9. The number of para-hydroxylation sites is 2. The Hall–Kier alpha value is -3.00. The third kappa shape index (κ3) is 5.29. The van der Waals surface area contributed by atoms with Crippen LogP contribution >= 0.6 is 11.8 Å². The SMILES string of the molecule is COc1cc(/C=N\NC(=O)CSc2nc3ccccc3n2C)ccc1OC(C)C. The van der Waals surface area contributed by atoms with Crippen LogP contribution in [0.15, 0.2) is 52.7 Å². The van der Waals surface area contributed by atoms with E-state index in [2.05, 4.69) is 15.5 Å². The molecule has 1 N–H and O–H groups in total. The molecule has 3 rings (SSSR count). The number of methoxy groups -OCH3 is 1. The Bertz CT molecular complexity index is 1030. The number of nitrogens with one attached hydrogen (secondary N) is 1. The highest BCUT2D eigenvalue weighted by atomic mass is 32.2. The topological polar surface area (TPSA) is 77.7 Å². The smallest absolute Gasteiger partial charge is 0.250 e. The number of rotatable bonds is 8. The van der Waals surface area contributed by atoms with E-state index in [9.17, 15) is 4.79 Å². The van der Waals surface area contributed by atoms with Crippen molar-refractivity contribution in [1.82, 2.24) is 15.0 Å². The van der Waals surface area contributed by atoms with Gasteiger partial charge in [-0.15, -0.1) is 0 Å². The molecule has 1 heterocycles. The quantitative estimate of drug-likeness (QED) is 0.347. The van der Waals surface area contributed by atoms with Gasteiger partial charge in [-0.1, -0.05) is 23.9 Å². The lowest BCUT2D eigenvalue weighted by atomic mass is 10.2. The van der Waals surface area contributed by atoms with Gasteiger partial charge in [0.2, 0.25) is 0 Å². The van der Waals surface area contributed by atoms with E-state index in [1.807, 2.05) is 67.9 Å². The van der Waals surface area contributed by atoms with Crippen molar-refractivity contribution >= 4 is 34.9 Å². The lowest BCUT2D eigenvalue weighted by Gasteiger charge is -2.13. The molecule has 2 aromatic carbocycles. The molecular formula is C21H24N4O3S. The third-order valence-electron chi connectivity index (χ3n) is 4.03. The molecule has 7 nitrogen and oxygen atoms in total. The Kier molecular flexibility index (Phi) is 6.77. The average Bonchev–Trinajstić information content (AvgIpc) is 3.03. The third-order valence-corrected chi connectivity index (χ3v) is 5.06. The van der Waals surface area contributed by atoms with Gasteiger partial charge in [-0.2, -0.15) is 5.10 Å². The fourth-order valence-corrected chi connectivity index (χ4v) is 3.49. The zero-order valence-corrected chi connectivity index (χ0v) is 17.7. The maximum absolute atomic E-state index is 12.1. The van der Waals surface area contributed by atoms with E-state index in [1.165, 1.54) is 11.8 Å². The van der Waals surface area contributed by atoms with Crippen molar-refractivity contribution in [3.8, 4) is 11.5 Å². The summed E-state index contributed by atoms with van der Waals surface area (Å²) in [6, 6.07) is 13.4. The standard InChI is InChI=1S/C21H24N4O3S/c1-14(2)28-18-10-9-15(11-19(18)27-4)12-22-24-20(26)13-29-21-23-16-7-5-6-8-17(16)25(21)3/h5-12,14H,13H2,1-4H3,(H,24,26)/b22-12-. The van der Waals surface area contributed by atoms with Crippen molar-refractivity contribution in [2.45, 2.75) is 25.1 Å². The van der Waals surface area contributed by atoms with E-state index in [-0.39, 0.29) is 17.8 Å². The van der Waals surface area contributed by atoms with Gasteiger partial charge in [0.15, 0.2) is 16.7 Å². The minimum Gasteiger partial charge on any atom is -0.493 e. The van der Waals surface area contributed by atoms with Crippen molar-refractivity contribution in [1.29, 1.82) is 0 Å². The summed E-state index contributed by atoms with van der Waals surface area (Å²) in [6.07, 6.45) is 1.62. The number of carbonyl (C=O) groups excluding carboxylic acids is 1. The second kappa shape index (κ2) is 9.47. The molecule has 152 valence electrons. The summed E-state index contributed by atoms with van der Waals surface area (Å²) < 4.78 is 13.0. The Morgan fingerprint density at radius 3 is 2.79 bits per heavy atom. The predicted octanol–water partition coefficient (Wildman–Crippen LogP) is 3.61. The maximum Gasteiger partial charge on any atom is 0.250 e. The first-order valence-electron chi connectivity index (χ1n) is 9.18. The average molecular weight is 413 g/mol. The molecular weight excluding hydrogens is 388 g/mol. The highest BCUT2D eigenvalue weighted by Gasteiger charge is 2.10. The number of hydrazone groups is 1. The molecule has 0 aliphatic carbocycles. The van der Waals surface area contributed by atoms with E-state index in [1.54, 1.807) is 13.3 Å². The van der Waals surface area contributed by atoms with Gasteiger partial charge in [0, 0.05) is 7.05 Å². The molecule has 0 spiro atoms. The second-order valence-electron chi connectivity index (χ2n) is 6.60. The Morgan fingerprint density at radius 1 is 1.28 bits per heavy atom. The number of hydrogen-bond acceptors (Lipinski definition) is 6. The van der Waals surface area contributed by atoms with Crippen molar-refractivity contribution in [3.63, 3.8) is 0 Å². The van der Waals surface area contributed by atoms with Crippen molar-refractivity contribution < 1.29 is 14.3 Å². The number of amides is 1. The molecule has 0 aliphatic rings. The molecule has 0 aliphatic heterocycles. The van der Waals surface area contributed by atoms with Gasteiger partial charge in [-0.3, -0.25) is 4.79 Å². The lowest BCUT2D eigenvalue weighted by Crippen LogP contribution is -2.19. The largest absolute Gasteiger partial charge is 0.493 e. The number of nitrogens with zero attached hydrogens (tertiary/aromatic N) is 3. The van der Waals surface area contributed by atoms with Crippen LogP contribution in [-0.4, -0.2) is 40.6 Å². The van der Waals surface area contributed by atoms with Crippen LogP contribution in [0.2, 0.25) is 0 Å². The van der Waals surface area contributed by atoms with Crippen molar-refractivity contribution in [3.05, 3.63) is 48.0 Å². The summed E-state index contributed by atoms with van der Waals surface area (Å²) in [5, 5.41) is 4.81. The summed E-state index contributed by atoms with van der Waals surface area (Å²) in [4.78, 5) is 16.6. The first kappa shape index (κ1) is 20.7. The Balaban J connectivity index is 1.56. The number of aryl methyl sites for hydroxylation is 1. The fourth-order valence-electron chi connectivity index (χ4n) is 2.71. The van der Waals surface area contributed by atoms with E-state index in [0.717, 1.165) is 21.8 Å². The molecule has 3 aromatic rings. The lowest BCUT2D eigenvalue weighted by molar-refractivity contribution is -0.118. The van der Waals surface area contributed by atoms with Gasteiger partial charge in [0.05, 0.1) is 36.2 Å². The number of ether oxygens (including phenoxy) is 2. The van der Waals surface area contributed by atoms with Crippen LogP contribution in [0.3, 0.4) is 0 Å². The molecule has 1 amide bonds. The van der Waals surface area contributed by atoms with Gasteiger partial charge in [0.1, 0.15) is 0 Å². The second-order valence-corrected chi connectivity index (χ2v) is 7.54. The summed E-state index contributed by atoms with van der Waals surface area (Å²) in [6.45, 7) is 3.91. The minimum atomic E-state index is -0.204. The molecule has 29 heavy (non-hydrogen) atoms. The van der Waals surface area contributed by atoms with Crippen LogP contribution in [0.1, 0.15) is 19.4 Å².